The van der Waals surface area contributed by atoms with Gasteiger partial charge < -0.3 is 4.90 Å². The summed E-state index contributed by atoms with van der Waals surface area (Å²) >= 11 is 0. The molecule has 1 heteroatoms. The van der Waals surface area contributed by atoms with E-state index in [1.165, 1.54) is 86.5 Å². The van der Waals surface area contributed by atoms with Gasteiger partial charge in [-0.25, -0.2) is 0 Å². The minimum atomic E-state index is 0.209. The second kappa shape index (κ2) is 9.94. The number of hydrogen-bond acceptors (Lipinski definition) is 1. The van der Waals surface area contributed by atoms with Gasteiger partial charge in [0.05, 0.1) is 5.69 Å². The second-order valence-electron chi connectivity index (χ2n) is 15.0. The molecule has 5 aliphatic rings. The molecule has 0 N–H and O–H groups in total. The third-order valence-electron chi connectivity index (χ3n) is 12.8. The molecule has 1 nitrogen and oxygen atoms in total. The van der Waals surface area contributed by atoms with E-state index in [0.29, 0.717) is 0 Å². The third-order valence-corrected chi connectivity index (χ3v) is 12.8. The maximum Gasteiger partial charge on any atom is 0.0540 e. The molecule has 0 amide bonds. The Balaban J connectivity index is 1.04. The molecule has 48 heavy (non-hydrogen) atoms. The topological polar surface area (TPSA) is 3.24 Å². The molecule has 0 radical (unpaired) electrons. The molecule has 1 spiro atoms. The van der Waals surface area contributed by atoms with Gasteiger partial charge >= 0.3 is 0 Å². The van der Waals surface area contributed by atoms with Gasteiger partial charge in [-0.1, -0.05) is 115 Å². The van der Waals surface area contributed by atoms with Crippen molar-refractivity contribution in [3.63, 3.8) is 0 Å². The average molecular weight is 616 g/mol. The molecule has 5 unspecified atom stereocenters. The van der Waals surface area contributed by atoms with Crippen LogP contribution in [-0.2, 0) is 5.41 Å². The lowest BCUT2D eigenvalue weighted by Gasteiger charge is -2.44. The number of anilines is 3. The zero-order chi connectivity index (χ0) is 31.4. The molecule has 4 bridgehead atoms. The fourth-order valence-electron chi connectivity index (χ4n) is 11.1. The van der Waals surface area contributed by atoms with Crippen LogP contribution in [0.5, 0.6) is 0 Å². The van der Waals surface area contributed by atoms with Crippen molar-refractivity contribution in [3.8, 4) is 22.3 Å². The summed E-state index contributed by atoms with van der Waals surface area (Å²) in [6.07, 6.45) is 5.73. The highest BCUT2D eigenvalue weighted by Crippen LogP contribution is 2.73. The number of hydrogen-bond donors (Lipinski definition) is 0. The Morgan fingerprint density at radius 1 is 0.479 bits per heavy atom. The quantitative estimate of drug-likeness (QED) is 0.190. The van der Waals surface area contributed by atoms with Crippen LogP contribution < -0.4 is 4.90 Å². The first-order valence-electron chi connectivity index (χ1n) is 17.9. The van der Waals surface area contributed by atoms with E-state index in [2.05, 4.69) is 157 Å². The Kier molecular flexibility index (Phi) is 5.56. The zero-order valence-electron chi connectivity index (χ0n) is 27.0. The van der Waals surface area contributed by atoms with Crippen molar-refractivity contribution in [1.82, 2.24) is 0 Å². The fourth-order valence-corrected chi connectivity index (χ4v) is 11.1. The summed E-state index contributed by atoms with van der Waals surface area (Å²) in [4.78, 5) is 2.43. The smallest absolute Gasteiger partial charge is 0.0540 e. The molecule has 7 aromatic carbocycles. The van der Waals surface area contributed by atoms with Crippen LogP contribution in [0.1, 0.15) is 36.8 Å². The summed E-state index contributed by atoms with van der Waals surface area (Å²) in [5.41, 5.74) is 12.6. The van der Waals surface area contributed by atoms with Crippen molar-refractivity contribution in [2.75, 3.05) is 4.90 Å². The zero-order valence-corrected chi connectivity index (χ0v) is 27.0. The molecule has 5 atom stereocenters. The van der Waals surface area contributed by atoms with Crippen molar-refractivity contribution >= 4 is 38.6 Å². The van der Waals surface area contributed by atoms with E-state index in [4.69, 9.17) is 0 Å². The fraction of sp³-hybridized carbons (Fsp3) is 0.191. The Bertz CT molecular complexity index is 2390. The molecular weight excluding hydrogens is 579 g/mol. The van der Waals surface area contributed by atoms with E-state index < -0.39 is 0 Å². The van der Waals surface area contributed by atoms with Crippen LogP contribution in [0.15, 0.2) is 152 Å². The first-order chi connectivity index (χ1) is 23.8. The molecule has 230 valence electrons. The van der Waals surface area contributed by atoms with E-state index in [0.717, 1.165) is 23.7 Å². The highest BCUT2D eigenvalue weighted by atomic mass is 15.1. The normalized spacial score (nSPS) is 24.4. The Labute approximate surface area is 282 Å². The van der Waals surface area contributed by atoms with Gasteiger partial charge in [-0.15, -0.1) is 0 Å². The third kappa shape index (κ3) is 3.62. The van der Waals surface area contributed by atoms with Gasteiger partial charge in [0.15, 0.2) is 0 Å². The van der Waals surface area contributed by atoms with Crippen LogP contribution in [0.25, 0.3) is 43.8 Å². The summed E-state index contributed by atoms with van der Waals surface area (Å²) in [6, 6.07) is 57.0. The Morgan fingerprint density at radius 3 is 2.10 bits per heavy atom. The highest BCUT2D eigenvalue weighted by Gasteiger charge is 2.65. The molecule has 4 saturated carbocycles. The average Bonchev–Trinajstić information content (AvgIpc) is 3.69. The van der Waals surface area contributed by atoms with Crippen LogP contribution in [0, 0.1) is 23.7 Å². The molecule has 5 aliphatic carbocycles. The molecule has 12 rings (SSSR count). The molecule has 0 aliphatic heterocycles. The van der Waals surface area contributed by atoms with Crippen molar-refractivity contribution in [3.05, 3.63) is 163 Å². The maximum absolute atomic E-state index is 2.60. The number of benzene rings is 7. The largest absolute Gasteiger partial charge is 0.310 e. The minimum Gasteiger partial charge on any atom is -0.310 e. The standard InChI is InChI=1S/C47H37N/c1-2-10-34-28-39(22-18-31(34)8-1)48(46-15-7-11-33-9-3-4-12-40(33)46)38-20-16-32(17-21-38)35-19-23-42-41-13-5-6-14-43(41)47(45(42)29-35)37-25-30-24-36(27-37)44(47)26-30/h1-23,28-30,36-37,44H,24-27H2. The van der Waals surface area contributed by atoms with E-state index in [1.54, 1.807) is 11.1 Å². The summed E-state index contributed by atoms with van der Waals surface area (Å²) in [5.74, 6) is 3.46. The van der Waals surface area contributed by atoms with E-state index in [9.17, 15) is 0 Å². The predicted molar refractivity (Wildman–Crippen MR) is 200 cm³/mol. The van der Waals surface area contributed by atoms with E-state index in [1.807, 2.05) is 0 Å². The van der Waals surface area contributed by atoms with Crippen molar-refractivity contribution in [2.24, 2.45) is 23.7 Å². The van der Waals surface area contributed by atoms with Crippen molar-refractivity contribution in [2.45, 2.75) is 31.1 Å². The number of nitrogens with zero attached hydrogens (tertiary/aromatic N) is 1. The molecule has 0 heterocycles. The first-order valence-corrected chi connectivity index (χ1v) is 17.9. The maximum atomic E-state index is 2.60. The van der Waals surface area contributed by atoms with Crippen LogP contribution in [0.4, 0.5) is 17.1 Å². The summed E-state index contributed by atoms with van der Waals surface area (Å²) in [6.45, 7) is 0. The van der Waals surface area contributed by atoms with Gasteiger partial charge in [0.2, 0.25) is 0 Å². The van der Waals surface area contributed by atoms with E-state index >= 15 is 0 Å². The summed E-state index contributed by atoms with van der Waals surface area (Å²) < 4.78 is 0. The lowest BCUT2D eigenvalue weighted by atomic mass is 9.59. The van der Waals surface area contributed by atoms with Crippen LogP contribution in [-0.4, -0.2) is 0 Å². The van der Waals surface area contributed by atoms with Gasteiger partial charge in [0.25, 0.3) is 0 Å². The predicted octanol–water partition coefficient (Wildman–Crippen LogP) is 12.5. The summed E-state index contributed by atoms with van der Waals surface area (Å²) in [5, 5.41) is 5.01. The highest BCUT2D eigenvalue weighted by molar-refractivity contribution is 6.00. The van der Waals surface area contributed by atoms with Crippen LogP contribution >= 0.6 is 0 Å². The molecule has 0 aromatic heterocycles. The molecule has 0 saturated heterocycles. The molecule has 7 aromatic rings. The SMILES string of the molecule is c1ccc2c(c1)-c1ccc(-c3ccc(N(c4ccc5ccccc5c4)c4cccc5ccccc45)cc3)cc1C21C2CC3CC(C2)C1C3. The van der Waals surface area contributed by atoms with E-state index in [-0.39, 0.29) is 5.41 Å². The number of rotatable bonds is 4. The van der Waals surface area contributed by atoms with Gasteiger partial charge in [-0.2, -0.15) is 0 Å². The lowest BCUT2D eigenvalue weighted by Crippen LogP contribution is -2.40. The molecule has 4 fully saturated rings. The van der Waals surface area contributed by atoms with Crippen LogP contribution in [0.3, 0.4) is 0 Å². The van der Waals surface area contributed by atoms with Gasteiger partial charge in [0, 0.05) is 22.2 Å². The van der Waals surface area contributed by atoms with Crippen LogP contribution in [0.2, 0.25) is 0 Å². The number of fused-ring (bicyclic) bond motifs is 5. The lowest BCUT2D eigenvalue weighted by molar-refractivity contribution is 0.191. The monoisotopic (exact) mass is 615 g/mol. The first kappa shape index (κ1) is 26.9. The van der Waals surface area contributed by atoms with Gasteiger partial charge in [-0.3, -0.25) is 0 Å². The van der Waals surface area contributed by atoms with Gasteiger partial charge in [0.1, 0.15) is 0 Å². The Morgan fingerprint density at radius 2 is 1.21 bits per heavy atom. The van der Waals surface area contributed by atoms with Crippen molar-refractivity contribution < 1.29 is 0 Å². The summed E-state index contributed by atoms with van der Waals surface area (Å²) in [7, 11) is 0. The second-order valence-corrected chi connectivity index (χ2v) is 15.0. The van der Waals surface area contributed by atoms with Gasteiger partial charge in [-0.05, 0) is 135 Å². The Hall–Kier alpha value is -5.14. The van der Waals surface area contributed by atoms with Crippen molar-refractivity contribution in [1.29, 1.82) is 0 Å². The minimum absolute atomic E-state index is 0.209. The molecular formula is C47H37N.